The summed E-state index contributed by atoms with van der Waals surface area (Å²) in [5.74, 6) is 2.29. The van der Waals surface area contributed by atoms with E-state index in [1.54, 1.807) is 6.26 Å². The Morgan fingerprint density at radius 1 is 1.35 bits per heavy atom. The third kappa shape index (κ3) is 4.94. The minimum absolute atomic E-state index is 0.542. The number of aliphatic imine (C=N–C) groups is 1. The number of nitrogens with zero attached hydrogens (tertiary/aromatic N) is 2. The normalized spacial score (nSPS) is 17.6. The van der Waals surface area contributed by atoms with Crippen LogP contribution in [0.3, 0.4) is 0 Å². The standard InChI is InChI=1S/C20H27ClN4O/c1-3-22-20(24-13-18-5-4-10-26-18)23-12-16-8-9-25(14-16)19-11-17(21)7-6-15(19)2/h4-7,10-11,16H,3,8-9,12-14H2,1-2H3,(H2,22,23,24). The summed E-state index contributed by atoms with van der Waals surface area (Å²) in [5, 5.41) is 7.56. The molecule has 1 aromatic heterocycles. The summed E-state index contributed by atoms with van der Waals surface area (Å²) in [6, 6.07) is 9.94. The van der Waals surface area contributed by atoms with Gasteiger partial charge in [-0.1, -0.05) is 17.7 Å². The van der Waals surface area contributed by atoms with Crippen molar-refractivity contribution in [2.45, 2.75) is 26.8 Å². The molecule has 1 saturated heterocycles. The fourth-order valence-electron chi connectivity index (χ4n) is 3.28. The maximum absolute atomic E-state index is 6.18. The van der Waals surface area contributed by atoms with E-state index in [-0.39, 0.29) is 0 Å². The van der Waals surface area contributed by atoms with Crippen LogP contribution in [-0.4, -0.2) is 32.1 Å². The van der Waals surface area contributed by atoms with Gasteiger partial charge in [0, 0.05) is 36.9 Å². The Morgan fingerprint density at radius 3 is 3.00 bits per heavy atom. The summed E-state index contributed by atoms with van der Waals surface area (Å²) >= 11 is 6.18. The smallest absolute Gasteiger partial charge is 0.191 e. The first kappa shape index (κ1) is 18.6. The van der Waals surface area contributed by atoms with Gasteiger partial charge >= 0.3 is 0 Å². The number of benzene rings is 1. The number of hydrogen-bond donors (Lipinski definition) is 2. The molecule has 1 aromatic carbocycles. The number of nitrogens with one attached hydrogen (secondary N) is 2. The second-order valence-electron chi connectivity index (χ2n) is 6.69. The number of aryl methyl sites for hydroxylation is 1. The van der Waals surface area contributed by atoms with Crippen LogP contribution in [0.1, 0.15) is 24.7 Å². The molecule has 1 aliphatic rings. The SMILES string of the molecule is CCNC(=NCc1ccco1)NCC1CCN(c2cc(Cl)ccc2C)C1. The Balaban J connectivity index is 1.54. The molecule has 6 heteroatoms. The Labute approximate surface area is 160 Å². The van der Waals surface area contributed by atoms with Gasteiger partial charge in [-0.3, -0.25) is 0 Å². The van der Waals surface area contributed by atoms with Crippen LogP contribution < -0.4 is 15.5 Å². The molecule has 0 aliphatic carbocycles. The van der Waals surface area contributed by atoms with Gasteiger partial charge in [-0.15, -0.1) is 0 Å². The van der Waals surface area contributed by atoms with Gasteiger partial charge in [0.2, 0.25) is 0 Å². The van der Waals surface area contributed by atoms with Crippen LogP contribution in [0.15, 0.2) is 46.0 Å². The van der Waals surface area contributed by atoms with Crippen molar-refractivity contribution in [3.05, 3.63) is 52.9 Å². The summed E-state index contributed by atoms with van der Waals surface area (Å²) in [4.78, 5) is 7.02. The van der Waals surface area contributed by atoms with Gasteiger partial charge in [0.05, 0.1) is 6.26 Å². The Bertz CT molecular complexity index is 729. The molecule has 0 bridgehead atoms. The highest BCUT2D eigenvalue weighted by atomic mass is 35.5. The van der Waals surface area contributed by atoms with Crippen LogP contribution in [0.5, 0.6) is 0 Å². The van der Waals surface area contributed by atoms with Gasteiger partial charge in [0.15, 0.2) is 5.96 Å². The largest absolute Gasteiger partial charge is 0.467 e. The highest BCUT2D eigenvalue weighted by Crippen LogP contribution is 2.29. The molecule has 0 spiro atoms. The number of rotatable bonds is 6. The molecule has 26 heavy (non-hydrogen) atoms. The van der Waals surface area contributed by atoms with E-state index in [2.05, 4.69) is 46.5 Å². The first-order chi connectivity index (χ1) is 12.7. The maximum Gasteiger partial charge on any atom is 0.191 e. The minimum Gasteiger partial charge on any atom is -0.467 e. The van der Waals surface area contributed by atoms with E-state index in [0.29, 0.717) is 12.5 Å². The van der Waals surface area contributed by atoms with Crippen LogP contribution in [0.2, 0.25) is 5.02 Å². The van der Waals surface area contributed by atoms with Crippen molar-refractivity contribution in [3.8, 4) is 0 Å². The van der Waals surface area contributed by atoms with Crippen molar-refractivity contribution in [2.75, 3.05) is 31.1 Å². The number of furan rings is 1. The zero-order chi connectivity index (χ0) is 18.4. The Morgan fingerprint density at radius 2 is 2.23 bits per heavy atom. The Hall–Kier alpha value is -2.14. The predicted octanol–water partition coefficient (Wildman–Crippen LogP) is 3.82. The van der Waals surface area contributed by atoms with E-state index >= 15 is 0 Å². The third-order valence-corrected chi connectivity index (χ3v) is 4.91. The summed E-state index contributed by atoms with van der Waals surface area (Å²) < 4.78 is 5.34. The third-order valence-electron chi connectivity index (χ3n) is 4.67. The predicted molar refractivity (Wildman–Crippen MR) is 108 cm³/mol. The average Bonchev–Trinajstić information content (AvgIpc) is 3.31. The van der Waals surface area contributed by atoms with E-state index in [4.69, 9.17) is 16.0 Å². The molecule has 0 saturated carbocycles. The minimum atomic E-state index is 0.542. The lowest BCUT2D eigenvalue weighted by Crippen LogP contribution is -2.40. The molecule has 0 radical (unpaired) electrons. The molecule has 1 atom stereocenters. The van der Waals surface area contributed by atoms with E-state index in [9.17, 15) is 0 Å². The fraction of sp³-hybridized carbons (Fsp3) is 0.450. The van der Waals surface area contributed by atoms with Crippen molar-refractivity contribution in [2.24, 2.45) is 10.9 Å². The molecule has 1 aliphatic heterocycles. The fourth-order valence-corrected chi connectivity index (χ4v) is 3.45. The molecule has 1 unspecified atom stereocenters. The van der Waals surface area contributed by atoms with Crippen LogP contribution in [0.25, 0.3) is 0 Å². The van der Waals surface area contributed by atoms with Crippen LogP contribution in [-0.2, 0) is 6.54 Å². The number of halogens is 1. The highest BCUT2D eigenvalue weighted by Gasteiger charge is 2.24. The van der Waals surface area contributed by atoms with E-state index in [1.165, 1.54) is 11.3 Å². The summed E-state index contributed by atoms with van der Waals surface area (Å²) in [6.45, 7) is 8.59. The van der Waals surface area contributed by atoms with Crippen LogP contribution in [0, 0.1) is 12.8 Å². The second kappa shape index (κ2) is 8.99. The molecule has 140 valence electrons. The quantitative estimate of drug-likeness (QED) is 0.596. The van der Waals surface area contributed by atoms with Gasteiger partial charge in [-0.05, 0) is 56.0 Å². The molecule has 2 N–H and O–H groups in total. The molecule has 1 fully saturated rings. The van der Waals surface area contributed by atoms with Crippen molar-refractivity contribution < 1.29 is 4.42 Å². The monoisotopic (exact) mass is 374 g/mol. The van der Waals surface area contributed by atoms with Gasteiger partial charge in [0.25, 0.3) is 0 Å². The van der Waals surface area contributed by atoms with Crippen molar-refractivity contribution in [1.29, 1.82) is 0 Å². The maximum atomic E-state index is 6.18. The van der Waals surface area contributed by atoms with Crippen molar-refractivity contribution in [3.63, 3.8) is 0 Å². The Kier molecular flexibility index (Phi) is 6.45. The molecule has 0 amide bonds. The van der Waals surface area contributed by atoms with E-state index < -0.39 is 0 Å². The lowest BCUT2D eigenvalue weighted by Gasteiger charge is -2.21. The first-order valence-electron chi connectivity index (χ1n) is 9.21. The molecule has 2 heterocycles. The number of anilines is 1. The summed E-state index contributed by atoms with van der Waals surface area (Å²) in [6.07, 6.45) is 2.84. The topological polar surface area (TPSA) is 52.8 Å². The zero-order valence-corrected chi connectivity index (χ0v) is 16.2. The zero-order valence-electron chi connectivity index (χ0n) is 15.5. The second-order valence-corrected chi connectivity index (χ2v) is 7.12. The van der Waals surface area contributed by atoms with Gasteiger partial charge in [-0.2, -0.15) is 0 Å². The van der Waals surface area contributed by atoms with Crippen molar-refractivity contribution >= 4 is 23.2 Å². The van der Waals surface area contributed by atoms with Crippen molar-refractivity contribution in [1.82, 2.24) is 10.6 Å². The van der Waals surface area contributed by atoms with E-state index in [0.717, 1.165) is 49.3 Å². The summed E-state index contributed by atoms with van der Waals surface area (Å²) in [5.41, 5.74) is 2.52. The average molecular weight is 375 g/mol. The van der Waals surface area contributed by atoms with Crippen LogP contribution >= 0.6 is 11.6 Å². The van der Waals surface area contributed by atoms with Gasteiger partial charge in [-0.25, -0.2) is 4.99 Å². The molecule has 3 rings (SSSR count). The molecule has 5 nitrogen and oxygen atoms in total. The lowest BCUT2D eigenvalue weighted by atomic mass is 10.1. The van der Waals surface area contributed by atoms with Gasteiger partial charge in [0.1, 0.15) is 12.3 Å². The molecular weight excluding hydrogens is 348 g/mol. The molecular formula is C20H27ClN4O. The number of hydrogen-bond acceptors (Lipinski definition) is 3. The first-order valence-corrected chi connectivity index (χ1v) is 9.59. The lowest BCUT2D eigenvalue weighted by molar-refractivity contribution is 0.511. The van der Waals surface area contributed by atoms with E-state index in [1.807, 2.05) is 18.2 Å². The van der Waals surface area contributed by atoms with Crippen LogP contribution in [0.4, 0.5) is 5.69 Å². The van der Waals surface area contributed by atoms with Gasteiger partial charge < -0.3 is 20.0 Å². The molecule has 2 aromatic rings. The highest BCUT2D eigenvalue weighted by molar-refractivity contribution is 6.30. The summed E-state index contributed by atoms with van der Waals surface area (Å²) in [7, 11) is 0. The number of guanidine groups is 1.